The van der Waals surface area contributed by atoms with Gasteiger partial charge in [-0.25, -0.2) is 4.98 Å². The third-order valence-corrected chi connectivity index (χ3v) is 2.72. The summed E-state index contributed by atoms with van der Waals surface area (Å²) in [5.41, 5.74) is 5.53. The molecule has 1 aliphatic rings. The van der Waals surface area contributed by atoms with Gasteiger partial charge in [-0.2, -0.15) is 0 Å². The number of nitrogens with one attached hydrogen (secondary N) is 1. The summed E-state index contributed by atoms with van der Waals surface area (Å²) in [6.07, 6.45) is 3.52. The molecule has 0 aliphatic carbocycles. The third-order valence-electron chi connectivity index (χ3n) is 2.72. The minimum atomic E-state index is -0.525. The van der Waals surface area contributed by atoms with Gasteiger partial charge in [0, 0.05) is 18.9 Å². The molecule has 0 spiro atoms. The van der Waals surface area contributed by atoms with Gasteiger partial charge in [-0.05, 0) is 18.9 Å². The molecule has 2 heterocycles. The molecule has 0 saturated carbocycles. The van der Waals surface area contributed by atoms with Crippen LogP contribution in [0.5, 0.6) is 0 Å². The fraction of sp³-hybridized carbons (Fsp3) is 0.455. The fourth-order valence-corrected chi connectivity index (χ4v) is 1.79. The molecule has 0 radical (unpaired) electrons. The highest BCUT2D eigenvalue weighted by molar-refractivity contribution is 5.93. The number of pyridine rings is 1. The molecule has 0 amide bonds. The number of hydrogen-bond donors (Lipinski definition) is 2. The SMILES string of the molecule is NC(=NC[C@@H]1CCCO1)Nc1ncccc1[N+](=O)[O-]. The molecule has 1 aromatic heterocycles. The van der Waals surface area contributed by atoms with Crippen molar-refractivity contribution in [1.82, 2.24) is 4.98 Å². The molecule has 0 bridgehead atoms. The number of nitrogens with two attached hydrogens (primary N) is 1. The lowest BCUT2D eigenvalue weighted by Crippen LogP contribution is -2.25. The molecular formula is C11H15N5O3. The van der Waals surface area contributed by atoms with E-state index < -0.39 is 4.92 Å². The van der Waals surface area contributed by atoms with Crippen LogP contribution in [-0.2, 0) is 4.74 Å². The minimum Gasteiger partial charge on any atom is -0.376 e. The Hall–Kier alpha value is -2.22. The van der Waals surface area contributed by atoms with Gasteiger partial charge in [0.1, 0.15) is 0 Å². The van der Waals surface area contributed by atoms with E-state index in [0.717, 1.165) is 19.4 Å². The second kappa shape index (κ2) is 6.10. The van der Waals surface area contributed by atoms with E-state index in [1.807, 2.05) is 0 Å². The van der Waals surface area contributed by atoms with Crippen molar-refractivity contribution in [2.45, 2.75) is 18.9 Å². The van der Waals surface area contributed by atoms with E-state index >= 15 is 0 Å². The number of nitro groups is 1. The molecule has 2 rings (SSSR count). The lowest BCUT2D eigenvalue weighted by Gasteiger charge is -2.07. The van der Waals surface area contributed by atoms with Crippen molar-refractivity contribution >= 4 is 17.5 Å². The molecule has 3 N–H and O–H groups in total. The van der Waals surface area contributed by atoms with Crippen molar-refractivity contribution in [3.63, 3.8) is 0 Å². The average molecular weight is 265 g/mol. The summed E-state index contributed by atoms with van der Waals surface area (Å²) >= 11 is 0. The molecule has 1 fully saturated rings. The Kier molecular flexibility index (Phi) is 4.24. The third kappa shape index (κ3) is 3.62. The highest BCUT2D eigenvalue weighted by Crippen LogP contribution is 2.19. The molecule has 0 aromatic carbocycles. The Morgan fingerprint density at radius 3 is 3.26 bits per heavy atom. The molecule has 1 saturated heterocycles. The largest absolute Gasteiger partial charge is 0.376 e. The quantitative estimate of drug-likeness (QED) is 0.361. The standard InChI is InChI=1S/C11H15N5O3/c12-11(14-7-8-3-2-6-19-8)15-10-9(16(17)18)4-1-5-13-10/h1,4-5,8H,2-3,6-7H2,(H3,12,13,14,15)/t8-/m0/s1. The van der Waals surface area contributed by atoms with Gasteiger partial charge in [0.05, 0.1) is 17.6 Å². The van der Waals surface area contributed by atoms with E-state index in [-0.39, 0.29) is 23.6 Å². The number of rotatable bonds is 4. The lowest BCUT2D eigenvalue weighted by molar-refractivity contribution is -0.384. The maximum Gasteiger partial charge on any atom is 0.311 e. The maximum absolute atomic E-state index is 10.8. The highest BCUT2D eigenvalue weighted by atomic mass is 16.6. The molecule has 19 heavy (non-hydrogen) atoms. The number of hydrogen-bond acceptors (Lipinski definition) is 5. The summed E-state index contributed by atoms with van der Waals surface area (Å²) < 4.78 is 5.40. The van der Waals surface area contributed by atoms with Crippen molar-refractivity contribution < 1.29 is 9.66 Å². The number of anilines is 1. The lowest BCUT2D eigenvalue weighted by atomic mass is 10.2. The molecule has 1 aromatic rings. The van der Waals surface area contributed by atoms with Crippen LogP contribution in [0.15, 0.2) is 23.3 Å². The molecular weight excluding hydrogens is 250 g/mol. The van der Waals surface area contributed by atoms with E-state index in [0.29, 0.717) is 6.54 Å². The van der Waals surface area contributed by atoms with E-state index in [1.165, 1.54) is 18.3 Å². The Bertz CT molecular complexity index is 485. The van der Waals surface area contributed by atoms with E-state index in [4.69, 9.17) is 10.5 Å². The number of ether oxygens (including phenoxy) is 1. The van der Waals surface area contributed by atoms with Gasteiger partial charge in [0.25, 0.3) is 0 Å². The molecule has 8 heteroatoms. The van der Waals surface area contributed by atoms with Gasteiger partial charge in [-0.3, -0.25) is 15.1 Å². The van der Waals surface area contributed by atoms with Crippen molar-refractivity contribution in [2.24, 2.45) is 10.7 Å². The van der Waals surface area contributed by atoms with Crippen LogP contribution in [0.1, 0.15) is 12.8 Å². The van der Waals surface area contributed by atoms with Crippen LogP contribution in [0.4, 0.5) is 11.5 Å². The zero-order chi connectivity index (χ0) is 13.7. The maximum atomic E-state index is 10.8. The summed E-state index contributed by atoms with van der Waals surface area (Å²) in [5.74, 6) is 0.179. The van der Waals surface area contributed by atoms with Crippen LogP contribution in [-0.4, -0.2) is 35.1 Å². The summed E-state index contributed by atoms with van der Waals surface area (Å²) in [5, 5.41) is 13.4. The minimum absolute atomic E-state index is 0.0825. The number of aliphatic imine (C=N–C) groups is 1. The van der Waals surface area contributed by atoms with Gasteiger partial charge >= 0.3 is 5.69 Å². The van der Waals surface area contributed by atoms with Gasteiger partial charge in [0.15, 0.2) is 5.96 Å². The Morgan fingerprint density at radius 1 is 1.74 bits per heavy atom. The molecule has 1 atom stereocenters. The second-order valence-corrected chi connectivity index (χ2v) is 4.11. The smallest absolute Gasteiger partial charge is 0.311 e. The Balaban J connectivity index is 1.99. The van der Waals surface area contributed by atoms with Crippen molar-refractivity contribution in [3.8, 4) is 0 Å². The summed E-state index contributed by atoms with van der Waals surface area (Å²) in [6.45, 7) is 1.19. The van der Waals surface area contributed by atoms with Crippen molar-refractivity contribution in [3.05, 3.63) is 28.4 Å². The molecule has 0 unspecified atom stereocenters. The topological polar surface area (TPSA) is 116 Å². The zero-order valence-electron chi connectivity index (χ0n) is 10.3. The Labute approximate surface area is 109 Å². The predicted molar refractivity (Wildman–Crippen MR) is 70.0 cm³/mol. The summed E-state index contributed by atoms with van der Waals surface area (Å²) in [7, 11) is 0. The normalized spacial score (nSPS) is 19.4. The van der Waals surface area contributed by atoms with Gasteiger partial charge in [0.2, 0.25) is 5.82 Å². The van der Waals surface area contributed by atoms with Crippen LogP contribution in [0, 0.1) is 10.1 Å². The Morgan fingerprint density at radius 2 is 2.58 bits per heavy atom. The number of guanidine groups is 1. The van der Waals surface area contributed by atoms with Crippen LogP contribution < -0.4 is 11.1 Å². The molecule has 8 nitrogen and oxygen atoms in total. The highest BCUT2D eigenvalue weighted by Gasteiger charge is 2.16. The van der Waals surface area contributed by atoms with Crippen molar-refractivity contribution in [1.29, 1.82) is 0 Å². The second-order valence-electron chi connectivity index (χ2n) is 4.11. The first-order valence-electron chi connectivity index (χ1n) is 5.95. The van der Waals surface area contributed by atoms with Crippen LogP contribution >= 0.6 is 0 Å². The molecule has 1 aliphatic heterocycles. The fourth-order valence-electron chi connectivity index (χ4n) is 1.79. The van der Waals surface area contributed by atoms with Crippen LogP contribution in [0.3, 0.4) is 0 Å². The summed E-state index contributed by atoms with van der Waals surface area (Å²) in [6, 6.07) is 2.84. The monoisotopic (exact) mass is 265 g/mol. The van der Waals surface area contributed by atoms with Gasteiger partial charge < -0.3 is 15.8 Å². The van der Waals surface area contributed by atoms with Crippen molar-refractivity contribution in [2.75, 3.05) is 18.5 Å². The van der Waals surface area contributed by atoms with E-state index in [1.54, 1.807) is 0 Å². The first-order chi connectivity index (χ1) is 9.16. The van der Waals surface area contributed by atoms with E-state index in [9.17, 15) is 10.1 Å². The van der Waals surface area contributed by atoms with Crippen LogP contribution in [0.2, 0.25) is 0 Å². The number of nitrogens with zero attached hydrogens (tertiary/aromatic N) is 3. The van der Waals surface area contributed by atoms with Gasteiger partial charge in [-0.1, -0.05) is 0 Å². The predicted octanol–water partition coefficient (Wildman–Crippen LogP) is 0.895. The number of aromatic nitrogens is 1. The van der Waals surface area contributed by atoms with Crippen LogP contribution in [0.25, 0.3) is 0 Å². The molecule has 102 valence electrons. The first-order valence-corrected chi connectivity index (χ1v) is 5.95. The van der Waals surface area contributed by atoms with Gasteiger partial charge in [-0.15, -0.1) is 0 Å². The first kappa shape index (κ1) is 13.2. The average Bonchev–Trinajstić information content (AvgIpc) is 2.90. The van der Waals surface area contributed by atoms with E-state index in [2.05, 4.69) is 15.3 Å². The summed E-state index contributed by atoms with van der Waals surface area (Å²) in [4.78, 5) is 18.2. The zero-order valence-corrected chi connectivity index (χ0v) is 10.3.